The van der Waals surface area contributed by atoms with E-state index in [1.807, 2.05) is 6.92 Å². The zero-order valence-corrected chi connectivity index (χ0v) is 14.6. The van der Waals surface area contributed by atoms with Gasteiger partial charge in [-0.05, 0) is 12.5 Å². The van der Waals surface area contributed by atoms with Crippen LogP contribution in [0.1, 0.15) is 23.9 Å². The number of rotatable bonds is 3. The number of nitrogens with zero attached hydrogens (tertiary/aromatic N) is 4. The summed E-state index contributed by atoms with van der Waals surface area (Å²) in [7, 11) is 0. The van der Waals surface area contributed by atoms with Gasteiger partial charge in [-0.25, -0.2) is 9.47 Å². The Balaban J connectivity index is 0.00000208. The maximum absolute atomic E-state index is 12.1. The molecule has 2 heterocycles. The second-order valence-electron chi connectivity index (χ2n) is 4.91. The van der Waals surface area contributed by atoms with Crippen molar-refractivity contribution in [3.05, 3.63) is 45.6 Å². The van der Waals surface area contributed by atoms with Crippen molar-refractivity contribution < 1.29 is 26.0 Å². The van der Waals surface area contributed by atoms with Crippen molar-refractivity contribution in [3.8, 4) is 5.75 Å². The van der Waals surface area contributed by atoms with Crippen LogP contribution in [0.2, 0.25) is 0 Å². The molecular formula is C15H12N4NiO3S. The fourth-order valence-electron chi connectivity index (χ4n) is 2.26. The Hall–Kier alpha value is -2.25. The molecule has 3 aromatic rings. The van der Waals surface area contributed by atoms with E-state index in [0.717, 1.165) is 5.56 Å². The zero-order chi connectivity index (χ0) is 16.6. The molecular weight excluding hydrogens is 375 g/mol. The van der Waals surface area contributed by atoms with Crippen molar-refractivity contribution in [2.24, 2.45) is 5.10 Å². The van der Waals surface area contributed by atoms with Gasteiger partial charge in [-0.2, -0.15) is 10.2 Å². The molecule has 24 heavy (non-hydrogen) atoms. The quantitative estimate of drug-likeness (QED) is 0.289. The Labute approximate surface area is 152 Å². The minimum Gasteiger partial charge on any atom is -0.872 e. The van der Waals surface area contributed by atoms with Crippen molar-refractivity contribution in [2.45, 2.75) is 25.4 Å². The molecule has 0 aliphatic rings. The van der Waals surface area contributed by atoms with E-state index in [4.69, 9.17) is 17.0 Å². The molecule has 1 aromatic carbocycles. The summed E-state index contributed by atoms with van der Waals surface area (Å²) in [5.41, 5.74) is 0.614. The number of aryl methyl sites for hydroxylation is 2. The number of fused-ring (bicyclic) bond motifs is 1. The van der Waals surface area contributed by atoms with Crippen molar-refractivity contribution in [3.63, 3.8) is 0 Å². The molecule has 126 valence electrons. The first-order chi connectivity index (χ1) is 11.0. The van der Waals surface area contributed by atoms with Crippen molar-refractivity contribution in [1.29, 1.82) is 0 Å². The van der Waals surface area contributed by atoms with Crippen LogP contribution in [0.3, 0.4) is 0 Å². The Bertz CT molecular complexity index is 981. The van der Waals surface area contributed by atoms with Gasteiger partial charge >= 0.3 is 22.1 Å². The fraction of sp³-hybridized carbons (Fsp3) is 0.200. The Morgan fingerprint density at radius 2 is 2.17 bits per heavy atom. The van der Waals surface area contributed by atoms with E-state index in [1.165, 1.54) is 23.0 Å². The fourth-order valence-corrected chi connectivity index (χ4v) is 2.45. The summed E-state index contributed by atoms with van der Waals surface area (Å²) in [6, 6.07) is 4.42. The number of aromatic nitrogens is 3. The van der Waals surface area contributed by atoms with E-state index in [1.54, 1.807) is 13.0 Å². The van der Waals surface area contributed by atoms with Gasteiger partial charge in [0.25, 0.3) is 0 Å². The molecule has 0 bridgehead atoms. The molecule has 0 unspecified atom stereocenters. The third-order valence-corrected chi connectivity index (χ3v) is 3.67. The van der Waals surface area contributed by atoms with Crippen LogP contribution in [0.5, 0.6) is 5.75 Å². The molecule has 0 radical (unpaired) electrons. The summed E-state index contributed by atoms with van der Waals surface area (Å²) in [4.78, 5) is 11.6. The maximum atomic E-state index is 12.1. The van der Waals surface area contributed by atoms with Gasteiger partial charge in [0, 0.05) is 28.6 Å². The van der Waals surface area contributed by atoms with Crippen LogP contribution < -0.4 is 10.7 Å². The SMILES string of the molecule is CCc1nnc([S-])n1/N=C/c1c([O-])ccc2c(C)cc(=O)oc12.[Ni+2]. The monoisotopic (exact) mass is 386 g/mol. The normalized spacial score (nSPS) is 11.1. The predicted molar refractivity (Wildman–Crippen MR) is 84.7 cm³/mol. The second-order valence-corrected chi connectivity index (χ2v) is 5.28. The Kier molecular flexibility index (Phi) is 5.36. The van der Waals surface area contributed by atoms with Gasteiger partial charge in [0.1, 0.15) is 5.58 Å². The smallest absolute Gasteiger partial charge is 0.872 e. The molecule has 7 nitrogen and oxygen atoms in total. The topological polar surface area (TPSA) is 96.3 Å². The van der Waals surface area contributed by atoms with Crippen LogP contribution in [-0.2, 0) is 35.5 Å². The van der Waals surface area contributed by atoms with Gasteiger partial charge in [-0.15, -0.1) is 5.10 Å². The first kappa shape index (κ1) is 18.1. The van der Waals surface area contributed by atoms with E-state index >= 15 is 0 Å². The summed E-state index contributed by atoms with van der Waals surface area (Å²) in [6.45, 7) is 3.67. The summed E-state index contributed by atoms with van der Waals surface area (Å²) in [5.74, 6) is 0.281. The number of benzene rings is 1. The van der Waals surface area contributed by atoms with E-state index in [2.05, 4.69) is 15.3 Å². The minimum atomic E-state index is -0.516. The second kappa shape index (κ2) is 7.11. The Morgan fingerprint density at radius 3 is 2.88 bits per heavy atom. The summed E-state index contributed by atoms with van der Waals surface area (Å²) in [6.07, 6.45) is 1.92. The molecule has 0 atom stereocenters. The third kappa shape index (κ3) is 3.18. The van der Waals surface area contributed by atoms with Gasteiger partial charge in [0.2, 0.25) is 0 Å². The average molecular weight is 387 g/mol. The average Bonchev–Trinajstić information content (AvgIpc) is 2.86. The summed E-state index contributed by atoms with van der Waals surface area (Å²) in [5, 5.41) is 24.9. The van der Waals surface area contributed by atoms with Crippen LogP contribution in [0, 0.1) is 6.92 Å². The zero-order valence-electron chi connectivity index (χ0n) is 12.8. The van der Waals surface area contributed by atoms with Crippen LogP contribution in [0.25, 0.3) is 11.0 Å². The molecule has 2 aromatic heterocycles. The molecule has 0 fully saturated rings. The number of hydrogen-bond acceptors (Lipinski definition) is 7. The minimum absolute atomic E-state index is 0. The first-order valence-electron chi connectivity index (χ1n) is 6.91. The van der Waals surface area contributed by atoms with Crippen molar-refractivity contribution in [2.75, 3.05) is 0 Å². The van der Waals surface area contributed by atoms with Crippen LogP contribution in [0.4, 0.5) is 0 Å². The molecule has 9 heteroatoms. The number of hydrogen-bond donors (Lipinski definition) is 0. The van der Waals surface area contributed by atoms with Crippen LogP contribution in [-0.4, -0.2) is 21.1 Å². The third-order valence-electron chi connectivity index (χ3n) is 3.41. The van der Waals surface area contributed by atoms with E-state index in [0.29, 0.717) is 17.6 Å². The van der Waals surface area contributed by atoms with E-state index in [-0.39, 0.29) is 38.5 Å². The van der Waals surface area contributed by atoms with Gasteiger partial charge in [0.05, 0.1) is 6.21 Å². The molecule has 0 spiro atoms. The molecule has 0 saturated carbocycles. The standard InChI is InChI=1S/C15H14N4O3S.Ni/c1-3-12-17-18-15(23)19(12)16-7-10-11(20)5-4-9-8(2)6-13(21)22-14(9)10;/h4-7,20H,3H2,1-2H3,(H,18,23);/q;+2/p-2/b16-7+;. The molecule has 0 amide bonds. The van der Waals surface area contributed by atoms with Gasteiger partial charge in [0.15, 0.2) is 5.82 Å². The first-order valence-corrected chi connectivity index (χ1v) is 7.32. The molecule has 0 aliphatic heterocycles. The van der Waals surface area contributed by atoms with Crippen LogP contribution in [0.15, 0.2) is 37.7 Å². The molecule has 0 saturated heterocycles. The Morgan fingerprint density at radius 1 is 1.42 bits per heavy atom. The van der Waals surface area contributed by atoms with Gasteiger partial charge in [-0.1, -0.05) is 24.8 Å². The largest absolute Gasteiger partial charge is 2.00 e. The van der Waals surface area contributed by atoms with Gasteiger partial charge in [-0.3, -0.25) is 0 Å². The maximum Gasteiger partial charge on any atom is 2.00 e. The summed E-state index contributed by atoms with van der Waals surface area (Å²) >= 11 is 5.05. The molecule has 3 rings (SSSR count). The molecule has 0 N–H and O–H groups in total. The summed E-state index contributed by atoms with van der Waals surface area (Å²) < 4.78 is 6.57. The van der Waals surface area contributed by atoms with E-state index in [9.17, 15) is 9.90 Å². The predicted octanol–water partition coefficient (Wildman–Crippen LogP) is 1.11. The van der Waals surface area contributed by atoms with Crippen LogP contribution >= 0.6 is 0 Å². The van der Waals surface area contributed by atoms with Gasteiger partial charge < -0.3 is 22.2 Å². The van der Waals surface area contributed by atoms with E-state index < -0.39 is 5.63 Å². The van der Waals surface area contributed by atoms with Crippen molar-refractivity contribution >= 4 is 29.8 Å². The van der Waals surface area contributed by atoms with Crippen molar-refractivity contribution in [1.82, 2.24) is 14.9 Å². The molecule has 0 aliphatic carbocycles.